The highest BCUT2D eigenvalue weighted by atomic mass is 32.2. The minimum Gasteiger partial charge on any atom is -0.460 e. The van der Waals surface area contributed by atoms with E-state index in [1.165, 1.54) is 24.3 Å². The maximum atomic E-state index is 13.0. The van der Waals surface area contributed by atoms with Crippen LogP contribution in [0.25, 0.3) is 0 Å². The van der Waals surface area contributed by atoms with Gasteiger partial charge in [-0.15, -0.1) is 0 Å². The van der Waals surface area contributed by atoms with Crippen LogP contribution in [0.5, 0.6) is 0 Å². The Hall–Kier alpha value is -3.24. The van der Waals surface area contributed by atoms with Gasteiger partial charge >= 0.3 is 11.9 Å². The normalized spacial score (nSPS) is 13.0. The molecular formula is C25H32N2O7S. The lowest BCUT2D eigenvalue weighted by molar-refractivity contribution is -0.164. The molecule has 35 heavy (non-hydrogen) atoms. The van der Waals surface area contributed by atoms with Crippen LogP contribution in [0.3, 0.4) is 0 Å². The highest BCUT2D eigenvalue weighted by Crippen LogP contribution is 2.18. The van der Waals surface area contributed by atoms with Gasteiger partial charge < -0.3 is 14.8 Å². The summed E-state index contributed by atoms with van der Waals surface area (Å²) in [7, 11) is -4.22. The number of hydrogen-bond acceptors (Lipinski definition) is 7. The quantitative estimate of drug-likeness (QED) is 0.525. The lowest BCUT2D eigenvalue weighted by Crippen LogP contribution is -2.46. The number of nitrogens with one attached hydrogen (secondary N) is 2. The number of anilines is 1. The van der Waals surface area contributed by atoms with Gasteiger partial charge in [-0.3, -0.25) is 14.4 Å². The summed E-state index contributed by atoms with van der Waals surface area (Å²) in [5, 5.41) is 2.68. The van der Waals surface area contributed by atoms with Crippen molar-refractivity contribution < 1.29 is 32.3 Å². The van der Waals surface area contributed by atoms with Crippen molar-refractivity contribution in [2.24, 2.45) is 0 Å². The third-order valence-electron chi connectivity index (χ3n) is 4.24. The Morgan fingerprint density at radius 3 is 1.89 bits per heavy atom. The van der Waals surface area contributed by atoms with Crippen molar-refractivity contribution in [3.63, 3.8) is 0 Å². The molecule has 0 aliphatic rings. The lowest BCUT2D eigenvalue weighted by Gasteiger charge is -2.25. The van der Waals surface area contributed by atoms with Crippen LogP contribution in [0, 0.1) is 0 Å². The molecule has 0 saturated carbocycles. The van der Waals surface area contributed by atoms with E-state index in [0.717, 1.165) is 0 Å². The van der Waals surface area contributed by atoms with E-state index < -0.39 is 45.6 Å². The zero-order valence-electron chi connectivity index (χ0n) is 20.7. The predicted octanol–water partition coefficient (Wildman–Crippen LogP) is 3.66. The molecule has 2 aromatic carbocycles. The van der Waals surface area contributed by atoms with E-state index in [1.54, 1.807) is 71.9 Å². The molecule has 0 saturated heterocycles. The maximum Gasteiger partial charge on any atom is 0.325 e. The summed E-state index contributed by atoms with van der Waals surface area (Å²) < 4.78 is 38.7. The zero-order chi connectivity index (χ0) is 26.4. The Morgan fingerprint density at radius 1 is 0.829 bits per heavy atom. The number of hydrogen-bond donors (Lipinski definition) is 2. The second kappa shape index (κ2) is 11.0. The first-order valence-corrected chi connectivity index (χ1v) is 12.5. The van der Waals surface area contributed by atoms with E-state index in [9.17, 15) is 22.8 Å². The van der Waals surface area contributed by atoms with Crippen molar-refractivity contribution in [3.05, 3.63) is 60.2 Å². The van der Waals surface area contributed by atoms with Crippen molar-refractivity contribution >= 4 is 33.6 Å². The Balaban J connectivity index is 2.19. The van der Waals surface area contributed by atoms with Crippen molar-refractivity contribution in [2.75, 3.05) is 5.32 Å². The van der Waals surface area contributed by atoms with Gasteiger partial charge in [-0.25, -0.2) is 8.42 Å². The maximum absolute atomic E-state index is 13.0. The predicted molar refractivity (Wildman–Crippen MR) is 131 cm³/mol. The molecule has 0 radical (unpaired) electrons. The second-order valence-electron chi connectivity index (χ2n) is 9.84. The minimum absolute atomic E-state index is 0.159. The average Bonchev–Trinajstić information content (AvgIpc) is 2.71. The smallest absolute Gasteiger partial charge is 0.325 e. The van der Waals surface area contributed by atoms with Crippen LogP contribution in [0.1, 0.15) is 58.3 Å². The van der Waals surface area contributed by atoms with Crippen molar-refractivity contribution in [1.82, 2.24) is 4.72 Å². The van der Waals surface area contributed by atoms with Gasteiger partial charge in [0.15, 0.2) is 0 Å². The number of rotatable bonds is 8. The fourth-order valence-electron chi connectivity index (χ4n) is 2.86. The molecule has 0 aromatic heterocycles. The standard InChI is InChI=1S/C25H32N2O7S/c1-24(2,3)33-21(28)16-20(23(30)34-25(4,5)6)27-35(31,32)19-14-12-18(13-15-19)26-22(29)17-10-8-7-9-11-17/h7-15,20,27H,16H2,1-6H3,(H,26,29)/t20-/m0/s1. The topological polar surface area (TPSA) is 128 Å². The van der Waals surface area contributed by atoms with Gasteiger partial charge in [-0.2, -0.15) is 4.72 Å². The van der Waals surface area contributed by atoms with Gasteiger partial charge in [0.05, 0.1) is 11.3 Å². The molecule has 0 aliphatic carbocycles. The molecule has 190 valence electrons. The first kappa shape index (κ1) is 28.0. The number of benzene rings is 2. The lowest BCUT2D eigenvalue weighted by atomic mass is 10.1. The summed E-state index contributed by atoms with van der Waals surface area (Å²) in [5.74, 6) is -2.00. The molecule has 0 heterocycles. The van der Waals surface area contributed by atoms with Gasteiger partial charge in [-0.1, -0.05) is 18.2 Å². The van der Waals surface area contributed by atoms with Crippen molar-refractivity contribution in [1.29, 1.82) is 0 Å². The molecule has 0 spiro atoms. The van der Waals surface area contributed by atoms with Crippen molar-refractivity contribution in [3.8, 4) is 0 Å². The van der Waals surface area contributed by atoms with Crippen LogP contribution < -0.4 is 10.0 Å². The molecular weight excluding hydrogens is 472 g/mol. The number of ether oxygens (including phenoxy) is 2. The van der Waals surface area contributed by atoms with E-state index in [4.69, 9.17) is 9.47 Å². The van der Waals surface area contributed by atoms with Crippen LogP contribution in [-0.4, -0.2) is 43.5 Å². The Bertz CT molecular complexity index is 1150. The summed E-state index contributed by atoms with van der Waals surface area (Å²) in [6.07, 6.45) is -0.545. The molecule has 2 aromatic rings. The molecule has 0 fully saturated rings. The minimum atomic E-state index is -4.22. The van der Waals surface area contributed by atoms with Gasteiger partial charge in [0.25, 0.3) is 5.91 Å². The third-order valence-corrected chi connectivity index (χ3v) is 5.73. The van der Waals surface area contributed by atoms with Gasteiger partial charge in [-0.05, 0) is 77.9 Å². The molecule has 10 heteroatoms. The Kier molecular flexibility index (Phi) is 8.80. The molecule has 9 nitrogen and oxygen atoms in total. The van der Waals surface area contributed by atoms with Crippen molar-refractivity contribution in [2.45, 2.75) is 70.1 Å². The first-order valence-electron chi connectivity index (χ1n) is 11.0. The fraction of sp³-hybridized carbons (Fsp3) is 0.400. The van der Waals surface area contributed by atoms with Gasteiger partial charge in [0.2, 0.25) is 10.0 Å². The summed E-state index contributed by atoms with van der Waals surface area (Å²) in [4.78, 5) is 37.1. The van der Waals surface area contributed by atoms with E-state index in [2.05, 4.69) is 10.0 Å². The molecule has 2 rings (SSSR count). The van der Waals surface area contributed by atoms with Crippen LogP contribution in [0.4, 0.5) is 5.69 Å². The Morgan fingerprint density at radius 2 is 1.37 bits per heavy atom. The van der Waals surface area contributed by atoms with E-state index in [0.29, 0.717) is 11.3 Å². The number of carbonyl (C=O) groups is 3. The summed E-state index contributed by atoms with van der Waals surface area (Å²) in [6.45, 7) is 9.88. The summed E-state index contributed by atoms with van der Waals surface area (Å²) in [6, 6.07) is 12.5. The largest absolute Gasteiger partial charge is 0.460 e. The number of amides is 1. The van der Waals surface area contributed by atoms with Crippen LogP contribution >= 0.6 is 0 Å². The monoisotopic (exact) mass is 504 g/mol. The average molecular weight is 505 g/mol. The zero-order valence-corrected chi connectivity index (χ0v) is 21.6. The number of sulfonamides is 1. The first-order chi connectivity index (χ1) is 16.1. The highest BCUT2D eigenvalue weighted by molar-refractivity contribution is 7.89. The Labute approximate surface area is 206 Å². The summed E-state index contributed by atoms with van der Waals surface area (Å²) >= 11 is 0. The number of esters is 2. The third kappa shape index (κ3) is 9.50. The van der Waals surface area contributed by atoms with Crippen LogP contribution in [0.15, 0.2) is 59.5 Å². The van der Waals surface area contributed by atoms with Crippen LogP contribution in [-0.2, 0) is 29.1 Å². The highest BCUT2D eigenvalue weighted by Gasteiger charge is 2.33. The SMILES string of the molecule is CC(C)(C)OC(=O)C[C@H](NS(=O)(=O)c1ccc(NC(=O)c2ccccc2)cc1)C(=O)OC(C)(C)C. The number of carbonyl (C=O) groups excluding carboxylic acids is 3. The van der Waals surface area contributed by atoms with Crippen LogP contribution in [0.2, 0.25) is 0 Å². The van der Waals surface area contributed by atoms with E-state index >= 15 is 0 Å². The molecule has 1 atom stereocenters. The molecule has 2 N–H and O–H groups in total. The molecule has 0 unspecified atom stereocenters. The molecule has 0 aliphatic heterocycles. The molecule has 1 amide bonds. The van der Waals surface area contributed by atoms with E-state index in [-0.39, 0.29) is 10.8 Å². The summed E-state index contributed by atoms with van der Waals surface area (Å²) in [5.41, 5.74) is -0.870. The molecule has 0 bridgehead atoms. The van der Waals surface area contributed by atoms with Gasteiger partial charge in [0, 0.05) is 11.3 Å². The van der Waals surface area contributed by atoms with Gasteiger partial charge in [0.1, 0.15) is 17.2 Å². The second-order valence-corrected chi connectivity index (χ2v) is 11.6. The fourth-order valence-corrected chi connectivity index (χ4v) is 4.05. The van der Waals surface area contributed by atoms with E-state index in [1.807, 2.05) is 0 Å².